The number of hydrogen-bond donors (Lipinski definition) is 0. The molecule has 3 rings (SSSR count). The van der Waals surface area contributed by atoms with Gasteiger partial charge < -0.3 is 0 Å². The Hall–Kier alpha value is -2.94. The normalized spacial score (nSPS) is 10.8. The number of nitrogens with zero attached hydrogens (tertiary/aromatic N) is 4. The van der Waals surface area contributed by atoms with Crippen LogP contribution in [0.1, 0.15) is 5.56 Å². The van der Waals surface area contributed by atoms with E-state index < -0.39 is 9.85 Å². The van der Waals surface area contributed by atoms with Crippen LogP contribution < -0.4 is 0 Å². The maximum atomic E-state index is 11.3. The van der Waals surface area contributed by atoms with Gasteiger partial charge in [-0.3, -0.25) is 24.6 Å². The Balaban J connectivity index is 2.12. The Morgan fingerprint density at radius 1 is 1.17 bits per heavy atom. The molecule has 0 radical (unpaired) electrons. The van der Waals surface area contributed by atoms with E-state index in [2.05, 4.69) is 4.98 Å². The van der Waals surface area contributed by atoms with Crippen molar-refractivity contribution >= 4 is 28.7 Å². The van der Waals surface area contributed by atoms with Crippen LogP contribution in [-0.4, -0.2) is 19.2 Å². The van der Waals surface area contributed by atoms with Gasteiger partial charge in [-0.15, -0.1) is 0 Å². The maximum Gasteiger partial charge on any atom is 0.290 e. The summed E-state index contributed by atoms with van der Waals surface area (Å²) in [7, 11) is 0. The van der Waals surface area contributed by atoms with Gasteiger partial charge in [0.25, 0.3) is 11.4 Å². The number of fused-ring (bicyclic) bond motifs is 1. The van der Waals surface area contributed by atoms with Gasteiger partial charge >= 0.3 is 0 Å². The molecule has 8 nitrogen and oxygen atoms in total. The molecule has 0 unspecified atom stereocenters. The fourth-order valence-electron chi connectivity index (χ4n) is 2.20. The van der Waals surface area contributed by atoms with Crippen LogP contribution >= 0.6 is 11.8 Å². The lowest BCUT2D eigenvalue weighted by molar-refractivity contribution is -0.396. The largest absolute Gasteiger partial charge is 0.295 e. The third-order valence-electron chi connectivity index (χ3n) is 3.25. The lowest BCUT2D eigenvalue weighted by Crippen LogP contribution is -1.98. The molecule has 9 heteroatoms. The fraction of sp³-hybridized carbons (Fsp3) is 0.0714. The zero-order valence-electron chi connectivity index (χ0n) is 11.9. The summed E-state index contributed by atoms with van der Waals surface area (Å²) in [5.74, 6) is 0. The number of nitro groups is 2. The highest BCUT2D eigenvalue weighted by Gasteiger charge is 2.24. The minimum absolute atomic E-state index is 0.297. The van der Waals surface area contributed by atoms with Crippen molar-refractivity contribution in [2.45, 2.75) is 17.0 Å². The SMILES string of the molecule is Cc1cc([N+](=O)[O-])cc([N+](=O)[O-])c1Sc1ncc2ccccn12. The molecule has 116 valence electrons. The van der Waals surface area contributed by atoms with E-state index in [1.807, 2.05) is 18.2 Å². The average Bonchev–Trinajstić information content (AvgIpc) is 2.92. The van der Waals surface area contributed by atoms with Crippen molar-refractivity contribution < 1.29 is 9.85 Å². The van der Waals surface area contributed by atoms with Crippen LogP contribution in [0.25, 0.3) is 5.52 Å². The van der Waals surface area contributed by atoms with E-state index in [0.29, 0.717) is 15.6 Å². The topological polar surface area (TPSA) is 104 Å². The Morgan fingerprint density at radius 3 is 2.65 bits per heavy atom. The van der Waals surface area contributed by atoms with Crippen molar-refractivity contribution in [2.75, 3.05) is 0 Å². The Kier molecular flexibility index (Phi) is 3.70. The van der Waals surface area contributed by atoms with Crippen LogP contribution in [-0.2, 0) is 0 Å². The number of nitro benzene ring substituents is 2. The van der Waals surface area contributed by atoms with E-state index in [0.717, 1.165) is 23.3 Å². The first-order valence-corrected chi connectivity index (χ1v) is 7.32. The first-order valence-electron chi connectivity index (χ1n) is 6.51. The molecule has 0 saturated carbocycles. The number of imidazole rings is 1. The zero-order valence-corrected chi connectivity index (χ0v) is 12.7. The summed E-state index contributed by atoms with van der Waals surface area (Å²) >= 11 is 1.11. The van der Waals surface area contributed by atoms with Gasteiger partial charge in [0.15, 0.2) is 5.16 Å². The minimum Gasteiger partial charge on any atom is -0.295 e. The molecule has 0 atom stereocenters. The standard InChI is InChI=1S/C14H10N4O4S/c1-9-6-11(17(19)20)7-12(18(21)22)13(9)23-14-15-8-10-4-2-3-5-16(10)14/h2-8H,1H3. The van der Waals surface area contributed by atoms with Crippen LogP contribution in [0, 0.1) is 27.2 Å². The summed E-state index contributed by atoms with van der Waals surface area (Å²) in [5, 5.41) is 22.7. The van der Waals surface area contributed by atoms with E-state index >= 15 is 0 Å². The highest BCUT2D eigenvalue weighted by Crippen LogP contribution is 2.39. The van der Waals surface area contributed by atoms with Crippen molar-refractivity contribution in [3.63, 3.8) is 0 Å². The zero-order chi connectivity index (χ0) is 16.6. The molecule has 0 amide bonds. The number of rotatable bonds is 4. The van der Waals surface area contributed by atoms with Crippen molar-refractivity contribution in [3.8, 4) is 0 Å². The van der Waals surface area contributed by atoms with Gasteiger partial charge in [-0.2, -0.15) is 0 Å². The lowest BCUT2D eigenvalue weighted by atomic mass is 10.2. The molecule has 0 saturated heterocycles. The molecule has 0 fully saturated rings. The Labute approximate surface area is 134 Å². The van der Waals surface area contributed by atoms with Gasteiger partial charge in [0.1, 0.15) is 0 Å². The lowest BCUT2D eigenvalue weighted by Gasteiger charge is -2.06. The molecule has 0 spiro atoms. The molecule has 3 aromatic rings. The second-order valence-corrected chi connectivity index (χ2v) is 5.74. The number of benzene rings is 1. The molecule has 0 aliphatic heterocycles. The number of non-ortho nitro benzene ring substituents is 1. The molecule has 2 heterocycles. The first kappa shape index (κ1) is 15.0. The molecule has 1 aromatic carbocycles. The second kappa shape index (κ2) is 5.69. The predicted molar refractivity (Wildman–Crippen MR) is 83.8 cm³/mol. The molecule has 0 aliphatic rings. The van der Waals surface area contributed by atoms with Crippen molar-refractivity contribution in [1.82, 2.24) is 9.38 Å². The van der Waals surface area contributed by atoms with Crippen LogP contribution in [0.2, 0.25) is 0 Å². The Morgan fingerprint density at radius 2 is 1.96 bits per heavy atom. The summed E-state index contributed by atoms with van der Waals surface area (Å²) in [4.78, 5) is 25.5. The quantitative estimate of drug-likeness (QED) is 0.534. The van der Waals surface area contributed by atoms with E-state index in [4.69, 9.17) is 0 Å². The molecule has 23 heavy (non-hydrogen) atoms. The predicted octanol–water partition coefficient (Wildman–Crippen LogP) is 3.61. The molecular weight excluding hydrogens is 320 g/mol. The average molecular weight is 330 g/mol. The summed E-state index contributed by atoms with van der Waals surface area (Å²) < 4.78 is 1.80. The van der Waals surface area contributed by atoms with Crippen molar-refractivity contribution in [3.05, 3.63) is 68.5 Å². The second-order valence-electron chi connectivity index (χ2n) is 4.76. The van der Waals surface area contributed by atoms with Crippen LogP contribution in [0.3, 0.4) is 0 Å². The molecule has 0 bridgehead atoms. The first-order chi connectivity index (χ1) is 11.0. The highest BCUT2D eigenvalue weighted by molar-refractivity contribution is 7.99. The fourth-order valence-corrected chi connectivity index (χ4v) is 3.21. The number of aromatic nitrogens is 2. The van der Waals surface area contributed by atoms with E-state index in [1.165, 1.54) is 6.07 Å². The third-order valence-corrected chi connectivity index (χ3v) is 4.47. The Bertz CT molecular complexity index is 938. The van der Waals surface area contributed by atoms with Crippen LogP contribution in [0.15, 0.2) is 52.8 Å². The summed E-state index contributed by atoms with van der Waals surface area (Å²) in [6, 6.07) is 7.87. The van der Waals surface area contributed by atoms with Gasteiger partial charge in [0.2, 0.25) is 0 Å². The van der Waals surface area contributed by atoms with E-state index in [1.54, 1.807) is 23.7 Å². The highest BCUT2D eigenvalue weighted by atomic mass is 32.2. The van der Waals surface area contributed by atoms with Gasteiger partial charge in [0.05, 0.1) is 32.5 Å². The van der Waals surface area contributed by atoms with E-state index in [-0.39, 0.29) is 11.4 Å². The molecular formula is C14H10N4O4S. The monoisotopic (exact) mass is 330 g/mol. The maximum absolute atomic E-state index is 11.3. The third kappa shape index (κ3) is 2.73. The molecule has 0 aliphatic carbocycles. The van der Waals surface area contributed by atoms with E-state index in [9.17, 15) is 20.2 Å². The van der Waals surface area contributed by atoms with Gasteiger partial charge in [-0.1, -0.05) is 6.07 Å². The minimum atomic E-state index is -0.640. The smallest absolute Gasteiger partial charge is 0.290 e. The number of aryl methyl sites for hydroxylation is 1. The number of pyridine rings is 1. The molecule has 0 N–H and O–H groups in total. The van der Waals surface area contributed by atoms with Gasteiger partial charge in [0, 0.05) is 12.3 Å². The number of hydrogen-bond acceptors (Lipinski definition) is 6. The summed E-state index contributed by atoms with van der Waals surface area (Å²) in [5.41, 5.74) is 0.724. The summed E-state index contributed by atoms with van der Waals surface area (Å²) in [6.07, 6.45) is 3.46. The van der Waals surface area contributed by atoms with Crippen LogP contribution in [0.4, 0.5) is 11.4 Å². The van der Waals surface area contributed by atoms with Crippen molar-refractivity contribution in [2.24, 2.45) is 0 Å². The van der Waals surface area contributed by atoms with Gasteiger partial charge in [-0.05, 0) is 36.4 Å². The van der Waals surface area contributed by atoms with Crippen molar-refractivity contribution in [1.29, 1.82) is 0 Å². The molecule has 2 aromatic heterocycles. The summed E-state index contributed by atoms with van der Waals surface area (Å²) in [6.45, 7) is 1.61. The van der Waals surface area contributed by atoms with Crippen LogP contribution in [0.5, 0.6) is 0 Å². The van der Waals surface area contributed by atoms with Gasteiger partial charge in [-0.25, -0.2) is 4.98 Å².